The van der Waals surface area contributed by atoms with E-state index in [1.165, 1.54) is 0 Å². The van der Waals surface area contributed by atoms with Gasteiger partial charge < -0.3 is 16.2 Å². The number of carbonyl (C=O) groups excluding carboxylic acids is 1. The number of anilines is 1. The van der Waals surface area contributed by atoms with Crippen LogP contribution in [-0.2, 0) is 4.74 Å². The van der Waals surface area contributed by atoms with Gasteiger partial charge in [-0.1, -0.05) is 32.0 Å². The standard InChI is InChI=1S/C9H10N4O2.C2H6/c10-6-4-2-1-3-5(6)7(11)8(12)15-9(13)14;1-2/h1-4,11-12H,10H2,(H2,13,14);1-2H3. The summed E-state index contributed by atoms with van der Waals surface area (Å²) in [6, 6.07) is 6.50. The van der Waals surface area contributed by atoms with Crippen LogP contribution in [0.15, 0.2) is 24.3 Å². The number of nitrogens with two attached hydrogens (primary N) is 2. The second-order valence-corrected chi connectivity index (χ2v) is 2.71. The van der Waals surface area contributed by atoms with Crippen LogP contribution in [0.3, 0.4) is 0 Å². The van der Waals surface area contributed by atoms with E-state index in [1.54, 1.807) is 24.3 Å². The molecule has 92 valence electrons. The molecule has 6 heteroatoms. The van der Waals surface area contributed by atoms with Crippen molar-refractivity contribution < 1.29 is 9.53 Å². The van der Waals surface area contributed by atoms with Crippen molar-refractivity contribution in [2.45, 2.75) is 13.8 Å². The number of hydrogen-bond donors (Lipinski definition) is 4. The van der Waals surface area contributed by atoms with Crippen molar-refractivity contribution in [3.05, 3.63) is 29.8 Å². The Morgan fingerprint density at radius 2 is 1.76 bits per heavy atom. The van der Waals surface area contributed by atoms with E-state index in [4.69, 9.17) is 22.3 Å². The molecule has 0 aromatic heterocycles. The zero-order chi connectivity index (χ0) is 13.4. The molecule has 1 rings (SSSR count). The van der Waals surface area contributed by atoms with Gasteiger partial charge in [0.15, 0.2) is 0 Å². The van der Waals surface area contributed by atoms with Crippen molar-refractivity contribution >= 4 is 23.4 Å². The van der Waals surface area contributed by atoms with Crippen molar-refractivity contribution in [3.8, 4) is 0 Å². The van der Waals surface area contributed by atoms with Gasteiger partial charge in [-0.15, -0.1) is 0 Å². The van der Waals surface area contributed by atoms with E-state index in [2.05, 4.69) is 4.74 Å². The predicted molar refractivity (Wildman–Crippen MR) is 67.4 cm³/mol. The fourth-order valence-electron chi connectivity index (χ4n) is 0.999. The number of nitrogen functional groups attached to an aromatic ring is 1. The second-order valence-electron chi connectivity index (χ2n) is 2.71. The number of benzene rings is 1. The van der Waals surface area contributed by atoms with E-state index in [0.717, 1.165) is 0 Å². The molecular weight excluding hydrogens is 220 g/mol. The highest BCUT2D eigenvalue weighted by molar-refractivity contribution is 6.45. The van der Waals surface area contributed by atoms with Gasteiger partial charge in [-0.3, -0.25) is 10.8 Å². The maximum Gasteiger partial charge on any atom is 0.411 e. The van der Waals surface area contributed by atoms with Crippen LogP contribution in [0, 0.1) is 10.8 Å². The highest BCUT2D eigenvalue weighted by Gasteiger charge is 2.13. The van der Waals surface area contributed by atoms with E-state index in [0.29, 0.717) is 11.3 Å². The quantitative estimate of drug-likeness (QED) is 0.355. The van der Waals surface area contributed by atoms with Crippen molar-refractivity contribution in [2.24, 2.45) is 5.73 Å². The number of amides is 1. The Balaban J connectivity index is 0.00000121. The Morgan fingerprint density at radius 1 is 1.24 bits per heavy atom. The van der Waals surface area contributed by atoms with Crippen molar-refractivity contribution in [1.29, 1.82) is 10.8 Å². The van der Waals surface area contributed by atoms with Crippen LogP contribution in [0.25, 0.3) is 0 Å². The zero-order valence-corrected chi connectivity index (χ0v) is 9.78. The normalized spacial score (nSPS) is 8.59. The minimum absolute atomic E-state index is 0.285. The second kappa shape index (κ2) is 7.00. The molecule has 0 saturated heterocycles. The molecule has 0 aliphatic rings. The van der Waals surface area contributed by atoms with Gasteiger partial charge in [0.25, 0.3) is 0 Å². The van der Waals surface area contributed by atoms with Crippen LogP contribution in [0.5, 0.6) is 0 Å². The highest BCUT2D eigenvalue weighted by atomic mass is 16.6. The number of carbonyl (C=O) groups is 1. The molecule has 1 aromatic carbocycles. The number of rotatable bonds is 2. The largest absolute Gasteiger partial charge is 0.411 e. The summed E-state index contributed by atoms with van der Waals surface area (Å²) in [4.78, 5) is 10.4. The third-order valence-corrected chi connectivity index (χ3v) is 1.66. The van der Waals surface area contributed by atoms with Gasteiger partial charge in [0.2, 0.25) is 5.90 Å². The first-order valence-corrected chi connectivity index (χ1v) is 5.02. The Kier molecular flexibility index (Phi) is 6.02. The van der Waals surface area contributed by atoms with Crippen molar-refractivity contribution in [3.63, 3.8) is 0 Å². The van der Waals surface area contributed by atoms with Crippen LogP contribution in [-0.4, -0.2) is 17.7 Å². The molecule has 6 N–H and O–H groups in total. The summed E-state index contributed by atoms with van der Waals surface area (Å²) in [6.07, 6.45) is -1.13. The number of hydrogen-bond acceptors (Lipinski definition) is 5. The number of ether oxygens (including phenoxy) is 1. The van der Waals surface area contributed by atoms with Gasteiger partial charge in [-0.05, 0) is 6.07 Å². The van der Waals surface area contributed by atoms with E-state index in [9.17, 15) is 4.79 Å². The lowest BCUT2D eigenvalue weighted by atomic mass is 10.1. The molecular formula is C11H16N4O2. The molecule has 17 heavy (non-hydrogen) atoms. The van der Waals surface area contributed by atoms with Gasteiger partial charge in [0, 0.05) is 11.3 Å². The van der Waals surface area contributed by atoms with E-state index in [1.807, 2.05) is 13.8 Å². The average Bonchev–Trinajstić information content (AvgIpc) is 2.30. The SMILES string of the molecule is CC.N=C(OC(N)=O)C(=N)c1ccccc1N. The minimum Gasteiger partial charge on any atom is -0.398 e. The first-order chi connectivity index (χ1) is 8.02. The first kappa shape index (κ1) is 14.6. The molecule has 0 bridgehead atoms. The molecule has 1 aromatic rings. The van der Waals surface area contributed by atoms with Crippen LogP contribution >= 0.6 is 0 Å². The molecule has 0 atom stereocenters. The molecule has 0 heterocycles. The first-order valence-electron chi connectivity index (χ1n) is 5.02. The van der Waals surface area contributed by atoms with Gasteiger partial charge in [0.1, 0.15) is 5.71 Å². The van der Waals surface area contributed by atoms with Crippen LogP contribution in [0.1, 0.15) is 19.4 Å². The third-order valence-electron chi connectivity index (χ3n) is 1.66. The Hall–Kier alpha value is -2.37. The number of nitrogens with one attached hydrogen (secondary N) is 2. The van der Waals surface area contributed by atoms with Crippen LogP contribution in [0.4, 0.5) is 10.5 Å². The fraction of sp³-hybridized carbons (Fsp3) is 0.182. The van der Waals surface area contributed by atoms with E-state index >= 15 is 0 Å². The molecule has 1 amide bonds. The van der Waals surface area contributed by atoms with E-state index < -0.39 is 12.0 Å². The molecule has 6 nitrogen and oxygen atoms in total. The third kappa shape index (κ3) is 4.33. The van der Waals surface area contributed by atoms with Crippen LogP contribution < -0.4 is 11.5 Å². The number of para-hydroxylation sites is 1. The zero-order valence-electron chi connectivity index (χ0n) is 9.78. The maximum absolute atomic E-state index is 10.4. The lowest BCUT2D eigenvalue weighted by molar-refractivity contribution is 0.208. The Morgan fingerprint density at radius 3 is 2.24 bits per heavy atom. The monoisotopic (exact) mass is 236 g/mol. The summed E-state index contributed by atoms with van der Waals surface area (Å²) in [6.45, 7) is 4.00. The number of primary amides is 1. The lowest BCUT2D eigenvalue weighted by Crippen LogP contribution is -2.24. The maximum atomic E-state index is 10.4. The fourth-order valence-corrected chi connectivity index (χ4v) is 0.999. The molecule has 0 aliphatic heterocycles. The molecule has 0 radical (unpaired) electrons. The Bertz CT molecular complexity index is 429. The summed E-state index contributed by atoms with van der Waals surface area (Å²) in [7, 11) is 0. The minimum atomic E-state index is -1.13. The molecule has 0 fully saturated rings. The summed E-state index contributed by atoms with van der Waals surface area (Å²) in [5.41, 5.74) is 10.7. The predicted octanol–water partition coefficient (Wildman–Crippen LogP) is 1.74. The summed E-state index contributed by atoms with van der Waals surface area (Å²) >= 11 is 0. The van der Waals surface area contributed by atoms with Gasteiger partial charge in [0.05, 0.1) is 0 Å². The van der Waals surface area contributed by atoms with Crippen molar-refractivity contribution in [2.75, 3.05) is 5.73 Å². The molecule has 0 aliphatic carbocycles. The van der Waals surface area contributed by atoms with Crippen LogP contribution in [0.2, 0.25) is 0 Å². The van der Waals surface area contributed by atoms with Gasteiger partial charge >= 0.3 is 6.09 Å². The Labute approximate surface area is 99.6 Å². The van der Waals surface area contributed by atoms with Gasteiger partial charge in [-0.2, -0.15) is 0 Å². The molecule has 0 unspecified atom stereocenters. The van der Waals surface area contributed by atoms with Crippen molar-refractivity contribution in [1.82, 2.24) is 0 Å². The smallest absolute Gasteiger partial charge is 0.398 e. The summed E-state index contributed by atoms with van der Waals surface area (Å²) in [5.74, 6) is -0.625. The average molecular weight is 236 g/mol. The molecule has 0 saturated carbocycles. The van der Waals surface area contributed by atoms with Gasteiger partial charge in [-0.25, -0.2) is 4.79 Å². The highest BCUT2D eigenvalue weighted by Crippen LogP contribution is 2.11. The topological polar surface area (TPSA) is 126 Å². The van der Waals surface area contributed by atoms with E-state index in [-0.39, 0.29) is 5.71 Å². The molecule has 0 spiro atoms. The summed E-state index contributed by atoms with van der Waals surface area (Å²) in [5, 5.41) is 14.8. The lowest BCUT2D eigenvalue weighted by Gasteiger charge is -2.07. The summed E-state index contributed by atoms with van der Waals surface area (Å²) < 4.78 is 4.26.